The summed E-state index contributed by atoms with van der Waals surface area (Å²) in [5.41, 5.74) is 0.969. The van der Waals surface area contributed by atoms with Crippen LogP contribution in [0.3, 0.4) is 0 Å². The van der Waals surface area contributed by atoms with E-state index in [2.05, 4.69) is 20.5 Å². The highest BCUT2D eigenvalue weighted by Gasteiger charge is 2.21. The van der Waals surface area contributed by atoms with E-state index in [1.807, 2.05) is 7.05 Å². The lowest BCUT2D eigenvalue weighted by atomic mass is 10.2. The molecule has 0 spiro atoms. The van der Waals surface area contributed by atoms with Gasteiger partial charge in [0.25, 0.3) is 0 Å². The zero-order valence-corrected chi connectivity index (χ0v) is 11.7. The third kappa shape index (κ3) is 3.30. The van der Waals surface area contributed by atoms with Crippen LogP contribution in [0, 0.1) is 6.92 Å². The molecule has 0 aliphatic carbocycles. The number of aromatic nitrogens is 1. The van der Waals surface area contributed by atoms with Crippen molar-refractivity contribution in [3.05, 3.63) is 17.5 Å². The number of rotatable bonds is 4. The Morgan fingerprint density at radius 3 is 2.90 bits per heavy atom. The molecule has 1 aliphatic heterocycles. The first-order valence-corrected chi connectivity index (χ1v) is 6.65. The second-order valence-electron chi connectivity index (χ2n) is 5.16. The van der Waals surface area contributed by atoms with Gasteiger partial charge in [-0.2, -0.15) is 0 Å². The van der Waals surface area contributed by atoms with Crippen LogP contribution in [-0.2, 0) is 0 Å². The van der Waals surface area contributed by atoms with Gasteiger partial charge in [-0.1, -0.05) is 0 Å². The molecule has 2 heterocycles. The van der Waals surface area contributed by atoms with Crippen LogP contribution >= 0.6 is 0 Å². The largest absolute Gasteiger partial charge is 0.477 e. The summed E-state index contributed by atoms with van der Waals surface area (Å²) in [4.78, 5) is 27.7. The van der Waals surface area contributed by atoms with Crippen LogP contribution in [0.15, 0.2) is 6.07 Å². The molecule has 1 fully saturated rings. The van der Waals surface area contributed by atoms with E-state index in [1.165, 1.54) is 0 Å². The Hall–Kier alpha value is -2.02. The second-order valence-corrected chi connectivity index (χ2v) is 5.16. The zero-order valence-electron chi connectivity index (χ0n) is 11.7. The Morgan fingerprint density at radius 1 is 1.55 bits per heavy atom. The molecule has 2 amide bonds. The van der Waals surface area contributed by atoms with Crippen molar-refractivity contribution >= 4 is 17.7 Å². The number of urea groups is 1. The number of likely N-dealkylation sites (N-methyl/N-ethyl adjacent to an activating group) is 1. The molecule has 7 nitrogen and oxygen atoms in total. The second kappa shape index (κ2) is 5.96. The summed E-state index contributed by atoms with van der Waals surface area (Å²) in [6.45, 7) is 3.35. The molecule has 1 atom stereocenters. The summed E-state index contributed by atoms with van der Waals surface area (Å²) < 4.78 is 0. The number of H-pyrrole nitrogens is 1. The first-order valence-electron chi connectivity index (χ1n) is 6.65. The first kappa shape index (κ1) is 14.4. The molecule has 2 rings (SSSR count). The SMILES string of the molecule is Cc1cc(NC(=O)NCC2CCCN2C)c(C(=O)O)[nH]1. The van der Waals surface area contributed by atoms with E-state index in [1.54, 1.807) is 13.0 Å². The molecule has 20 heavy (non-hydrogen) atoms. The summed E-state index contributed by atoms with van der Waals surface area (Å²) in [6, 6.07) is 1.57. The number of amides is 2. The van der Waals surface area contributed by atoms with Crippen molar-refractivity contribution in [1.82, 2.24) is 15.2 Å². The predicted octanol–water partition coefficient (Wildman–Crippen LogP) is 1.24. The highest BCUT2D eigenvalue weighted by Crippen LogP contribution is 2.17. The van der Waals surface area contributed by atoms with Gasteiger partial charge in [0.15, 0.2) is 0 Å². The maximum Gasteiger partial charge on any atom is 0.354 e. The van der Waals surface area contributed by atoms with E-state index in [4.69, 9.17) is 5.11 Å². The summed E-state index contributed by atoms with van der Waals surface area (Å²) in [5, 5.41) is 14.4. The van der Waals surface area contributed by atoms with Crippen LogP contribution in [0.4, 0.5) is 10.5 Å². The number of aromatic amines is 1. The van der Waals surface area contributed by atoms with Gasteiger partial charge < -0.3 is 25.6 Å². The third-order valence-corrected chi connectivity index (χ3v) is 3.58. The number of carbonyl (C=O) groups is 2. The summed E-state index contributed by atoms with van der Waals surface area (Å²) in [5.74, 6) is -1.09. The average Bonchev–Trinajstić information content (AvgIpc) is 2.93. The van der Waals surface area contributed by atoms with Crippen LogP contribution in [0.2, 0.25) is 0 Å². The number of carboxylic acids is 1. The third-order valence-electron chi connectivity index (χ3n) is 3.58. The van der Waals surface area contributed by atoms with Crippen molar-refractivity contribution in [3.8, 4) is 0 Å². The lowest BCUT2D eigenvalue weighted by Crippen LogP contribution is -2.40. The van der Waals surface area contributed by atoms with Crippen LogP contribution in [-0.4, -0.2) is 53.2 Å². The number of carboxylic acid groups (broad SMARTS) is 1. The number of anilines is 1. The number of hydrogen-bond acceptors (Lipinski definition) is 3. The molecular weight excluding hydrogens is 260 g/mol. The predicted molar refractivity (Wildman–Crippen MR) is 75.2 cm³/mol. The Morgan fingerprint density at radius 2 is 2.30 bits per heavy atom. The Labute approximate surface area is 117 Å². The van der Waals surface area contributed by atoms with Gasteiger partial charge in [-0.05, 0) is 39.4 Å². The van der Waals surface area contributed by atoms with Crippen molar-refractivity contribution in [2.75, 3.05) is 25.5 Å². The van der Waals surface area contributed by atoms with Crippen molar-refractivity contribution < 1.29 is 14.7 Å². The molecule has 1 unspecified atom stereocenters. The van der Waals surface area contributed by atoms with Crippen LogP contribution in [0.25, 0.3) is 0 Å². The molecule has 110 valence electrons. The Bertz CT molecular complexity index is 512. The van der Waals surface area contributed by atoms with E-state index in [0.717, 1.165) is 19.4 Å². The molecule has 1 aromatic rings. The van der Waals surface area contributed by atoms with Crippen molar-refractivity contribution in [3.63, 3.8) is 0 Å². The van der Waals surface area contributed by atoms with Gasteiger partial charge in [0.05, 0.1) is 5.69 Å². The Kier molecular flexibility index (Phi) is 4.29. The van der Waals surface area contributed by atoms with Gasteiger partial charge in [0, 0.05) is 18.3 Å². The smallest absolute Gasteiger partial charge is 0.354 e. The number of aryl methyl sites for hydroxylation is 1. The minimum Gasteiger partial charge on any atom is -0.477 e. The monoisotopic (exact) mass is 280 g/mol. The van der Waals surface area contributed by atoms with Gasteiger partial charge in [-0.15, -0.1) is 0 Å². The summed E-state index contributed by atoms with van der Waals surface area (Å²) in [6.07, 6.45) is 2.21. The number of likely N-dealkylation sites (tertiary alicyclic amines) is 1. The molecule has 0 saturated carbocycles. The topological polar surface area (TPSA) is 97.5 Å². The number of carbonyl (C=O) groups excluding carboxylic acids is 1. The lowest BCUT2D eigenvalue weighted by molar-refractivity contribution is 0.0692. The zero-order chi connectivity index (χ0) is 14.7. The van der Waals surface area contributed by atoms with Crippen LogP contribution in [0.1, 0.15) is 29.0 Å². The van der Waals surface area contributed by atoms with Crippen LogP contribution in [0.5, 0.6) is 0 Å². The molecule has 1 aromatic heterocycles. The summed E-state index contributed by atoms with van der Waals surface area (Å²) >= 11 is 0. The quantitative estimate of drug-likeness (QED) is 0.667. The van der Waals surface area contributed by atoms with Gasteiger partial charge in [0.1, 0.15) is 5.69 Å². The number of hydrogen-bond donors (Lipinski definition) is 4. The molecule has 0 aromatic carbocycles. The standard InChI is InChI=1S/C13H20N4O3/c1-8-6-10(11(15-8)12(18)19)16-13(20)14-7-9-4-3-5-17(9)2/h6,9,15H,3-5,7H2,1-2H3,(H,18,19)(H2,14,16,20). The normalized spacial score (nSPS) is 19.0. The fourth-order valence-corrected chi connectivity index (χ4v) is 2.47. The van der Waals surface area contributed by atoms with Gasteiger partial charge in [-0.3, -0.25) is 0 Å². The maximum absolute atomic E-state index is 11.8. The van der Waals surface area contributed by atoms with Crippen molar-refractivity contribution in [2.45, 2.75) is 25.8 Å². The number of nitrogens with one attached hydrogen (secondary N) is 3. The highest BCUT2D eigenvalue weighted by molar-refractivity contribution is 5.99. The summed E-state index contributed by atoms with van der Waals surface area (Å²) in [7, 11) is 2.04. The maximum atomic E-state index is 11.8. The minimum atomic E-state index is -1.09. The molecule has 7 heteroatoms. The highest BCUT2D eigenvalue weighted by atomic mass is 16.4. The van der Waals surface area contributed by atoms with Crippen molar-refractivity contribution in [1.29, 1.82) is 0 Å². The molecule has 1 aliphatic rings. The molecule has 1 saturated heterocycles. The lowest BCUT2D eigenvalue weighted by Gasteiger charge is -2.19. The molecular formula is C13H20N4O3. The van der Waals surface area contributed by atoms with Crippen molar-refractivity contribution in [2.24, 2.45) is 0 Å². The fraction of sp³-hybridized carbons (Fsp3) is 0.538. The molecule has 0 bridgehead atoms. The fourth-order valence-electron chi connectivity index (χ4n) is 2.47. The van der Waals surface area contributed by atoms with E-state index < -0.39 is 5.97 Å². The van der Waals surface area contributed by atoms with Gasteiger partial charge >= 0.3 is 12.0 Å². The van der Waals surface area contributed by atoms with Gasteiger partial charge in [-0.25, -0.2) is 9.59 Å². The van der Waals surface area contributed by atoms with E-state index in [9.17, 15) is 9.59 Å². The van der Waals surface area contributed by atoms with Crippen LogP contribution < -0.4 is 10.6 Å². The average molecular weight is 280 g/mol. The van der Waals surface area contributed by atoms with E-state index in [-0.39, 0.29) is 17.4 Å². The van der Waals surface area contributed by atoms with E-state index >= 15 is 0 Å². The molecule has 0 radical (unpaired) electrons. The number of nitrogens with zero attached hydrogens (tertiary/aromatic N) is 1. The minimum absolute atomic E-state index is 0.00404. The first-order chi connectivity index (χ1) is 9.47. The van der Waals surface area contributed by atoms with E-state index in [0.29, 0.717) is 18.3 Å². The molecule has 4 N–H and O–H groups in total. The van der Waals surface area contributed by atoms with Gasteiger partial charge in [0.2, 0.25) is 0 Å². The number of aromatic carboxylic acids is 1. The Balaban J connectivity index is 1.89.